The van der Waals surface area contributed by atoms with Crippen molar-refractivity contribution in [1.29, 1.82) is 0 Å². The first-order valence-corrected chi connectivity index (χ1v) is 5.70. The molecule has 80 valence electrons. The van der Waals surface area contributed by atoms with Crippen LogP contribution in [0.3, 0.4) is 0 Å². The maximum Gasteiger partial charge on any atom is 0.129 e. The van der Waals surface area contributed by atoms with E-state index < -0.39 is 5.60 Å². The summed E-state index contributed by atoms with van der Waals surface area (Å²) in [6, 6.07) is 6.68. The Morgan fingerprint density at radius 3 is 2.13 bits per heavy atom. The molecule has 0 atom stereocenters. The zero-order valence-electron chi connectivity index (χ0n) is 8.62. The summed E-state index contributed by atoms with van der Waals surface area (Å²) in [5.74, 6) is 0.303. The van der Waals surface area contributed by atoms with Crippen molar-refractivity contribution < 1.29 is 9.50 Å². The maximum atomic E-state index is 13.7. The minimum absolute atomic E-state index is 0.251. The third-order valence-corrected chi connectivity index (χ3v) is 4.28. The monoisotopic (exact) mass is 206 g/mol. The summed E-state index contributed by atoms with van der Waals surface area (Å²) in [6.45, 7) is 0. The van der Waals surface area contributed by atoms with Gasteiger partial charge in [-0.15, -0.1) is 0 Å². The topological polar surface area (TPSA) is 20.2 Å². The molecule has 0 unspecified atom stereocenters. The lowest BCUT2D eigenvalue weighted by molar-refractivity contribution is -0.0134. The number of benzene rings is 1. The summed E-state index contributed by atoms with van der Waals surface area (Å²) in [5, 5.41) is 10.7. The fourth-order valence-corrected chi connectivity index (χ4v) is 3.53. The van der Waals surface area contributed by atoms with Gasteiger partial charge >= 0.3 is 0 Å². The second-order valence-corrected chi connectivity index (χ2v) is 4.85. The van der Waals surface area contributed by atoms with Crippen molar-refractivity contribution in [2.24, 2.45) is 11.8 Å². The molecule has 2 fully saturated rings. The quantitative estimate of drug-likeness (QED) is 0.749. The van der Waals surface area contributed by atoms with Gasteiger partial charge in [-0.05, 0) is 43.6 Å². The standard InChI is InChI=1S/C13H15FO/c14-12-4-2-1-3-11(12)13(15)9-5-6-10(13)8-7-9/h1-4,9-10,15H,5-8H2. The normalized spacial score (nSPS) is 38.5. The number of aliphatic hydroxyl groups is 1. The molecule has 3 rings (SSSR count). The Labute approximate surface area is 88.9 Å². The van der Waals surface area contributed by atoms with Crippen molar-refractivity contribution in [2.45, 2.75) is 31.3 Å². The molecule has 2 aliphatic carbocycles. The first-order valence-electron chi connectivity index (χ1n) is 5.70. The Kier molecular flexibility index (Phi) is 1.90. The van der Waals surface area contributed by atoms with Gasteiger partial charge in [0, 0.05) is 5.56 Å². The second-order valence-electron chi connectivity index (χ2n) is 4.85. The highest BCUT2D eigenvalue weighted by atomic mass is 19.1. The van der Waals surface area contributed by atoms with E-state index in [0.717, 1.165) is 25.7 Å². The molecule has 0 aromatic heterocycles. The molecule has 1 N–H and O–H groups in total. The fourth-order valence-electron chi connectivity index (χ4n) is 3.53. The van der Waals surface area contributed by atoms with Gasteiger partial charge < -0.3 is 5.11 Å². The van der Waals surface area contributed by atoms with Crippen LogP contribution in [0.25, 0.3) is 0 Å². The zero-order chi connectivity index (χ0) is 10.5. The molecule has 2 saturated carbocycles. The molecule has 1 nitrogen and oxygen atoms in total. The van der Waals surface area contributed by atoms with Crippen LogP contribution in [-0.2, 0) is 5.60 Å². The minimum atomic E-state index is -0.870. The van der Waals surface area contributed by atoms with Gasteiger partial charge in [0.05, 0.1) is 5.60 Å². The van der Waals surface area contributed by atoms with E-state index in [4.69, 9.17) is 0 Å². The summed E-state index contributed by atoms with van der Waals surface area (Å²) >= 11 is 0. The SMILES string of the molecule is OC1(c2ccccc2F)C2CCC1CC2. The molecule has 2 heteroatoms. The first-order chi connectivity index (χ1) is 7.23. The van der Waals surface area contributed by atoms with E-state index in [-0.39, 0.29) is 17.7 Å². The Morgan fingerprint density at radius 1 is 1.07 bits per heavy atom. The van der Waals surface area contributed by atoms with Crippen LogP contribution in [0.5, 0.6) is 0 Å². The predicted molar refractivity (Wildman–Crippen MR) is 55.7 cm³/mol. The molecule has 0 saturated heterocycles. The average molecular weight is 206 g/mol. The van der Waals surface area contributed by atoms with E-state index in [1.165, 1.54) is 6.07 Å². The van der Waals surface area contributed by atoms with Crippen LogP contribution in [-0.4, -0.2) is 5.11 Å². The molecular formula is C13H15FO. The van der Waals surface area contributed by atoms with Crippen LogP contribution in [0.4, 0.5) is 4.39 Å². The van der Waals surface area contributed by atoms with Gasteiger partial charge in [-0.25, -0.2) is 4.39 Å². The Morgan fingerprint density at radius 2 is 1.60 bits per heavy atom. The van der Waals surface area contributed by atoms with Gasteiger partial charge in [0.15, 0.2) is 0 Å². The first kappa shape index (κ1) is 9.34. The Hall–Kier alpha value is -0.890. The third kappa shape index (κ3) is 1.11. The number of rotatable bonds is 1. The van der Waals surface area contributed by atoms with Crippen molar-refractivity contribution in [3.8, 4) is 0 Å². The van der Waals surface area contributed by atoms with Gasteiger partial charge in [0.25, 0.3) is 0 Å². The average Bonchev–Trinajstić information content (AvgIpc) is 2.74. The number of fused-ring (bicyclic) bond motifs is 2. The van der Waals surface area contributed by atoms with E-state index in [1.807, 2.05) is 6.07 Å². The lowest BCUT2D eigenvalue weighted by Crippen LogP contribution is -2.32. The predicted octanol–water partition coefficient (Wildman–Crippen LogP) is 2.83. The summed E-state index contributed by atoms with van der Waals surface area (Å²) in [4.78, 5) is 0. The lowest BCUT2D eigenvalue weighted by Gasteiger charge is -2.29. The third-order valence-electron chi connectivity index (χ3n) is 4.28. The summed E-state index contributed by atoms with van der Waals surface area (Å²) < 4.78 is 13.7. The van der Waals surface area contributed by atoms with E-state index in [9.17, 15) is 9.50 Å². The molecule has 1 aromatic rings. The molecule has 1 aromatic carbocycles. The number of hydrogen-bond acceptors (Lipinski definition) is 1. The maximum absolute atomic E-state index is 13.7. The van der Waals surface area contributed by atoms with Crippen molar-refractivity contribution in [2.75, 3.05) is 0 Å². The molecule has 0 aliphatic heterocycles. The molecule has 0 radical (unpaired) electrons. The highest BCUT2D eigenvalue weighted by Crippen LogP contribution is 2.57. The second kappa shape index (κ2) is 3.05. The van der Waals surface area contributed by atoms with Crippen LogP contribution in [0.2, 0.25) is 0 Å². The fraction of sp³-hybridized carbons (Fsp3) is 0.538. The van der Waals surface area contributed by atoms with Crippen LogP contribution < -0.4 is 0 Å². The van der Waals surface area contributed by atoms with E-state index >= 15 is 0 Å². The van der Waals surface area contributed by atoms with E-state index in [1.54, 1.807) is 12.1 Å². The smallest absolute Gasteiger partial charge is 0.129 e. The highest BCUT2D eigenvalue weighted by molar-refractivity contribution is 5.29. The highest BCUT2D eigenvalue weighted by Gasteiger charge is 2.55. The van der Waals surface area contributed by atoms with Gasteiger partial charge in [-0.3, -0.25) is 0 Å². The van der Waals surface area contributed by atoms with Crippen molar-refractivity contribution >= 4 is 0 Å². The molecule has 15 heavy (non-hydrogen) atoms. The van der Waals surface area contributed by atoms with Crippen LogP contribution in [0.1, 0.15) is 31.2 Å². The van der Waals surface area contributed by atoms with Gasteiger partial charge in [0.2, 0.25) is 0 Å². The number of hydrogen-bond donors (Lipinski definition) is 1. The van der Waals surface area contributed by atoms with Gasteiger partial charge in [-0.1, -0.05) is 18.2 Å². The summed E-state index contributed by atoms with van der Waals surface area (Å²) in [7, 11) is 0. The molecule has 0 heterocycles. The van der Waals surface area contributed by atoms with Crippen molar-refractivity contribution in [3.63, 3.8) is 0 Å². The van der Waals surface area contributed by atoms with Crippen LogP contribution in [0.15, 0.2) is 24.3 Å². The van der Waals surface area contributed by atoms with Gasteiger partial charge in [-0.2, -0.15) is 0 Å². The van der Waals surface area contributed by atoms with E-state index in [0.29, 0.717) is 5.56 Å². The summed E-state index contributed by atoms with van der Waals surface area (Å²) in [6.07, 6.45) is 4.20. The molecule has 2 aliphatic rings. The largest absolute Gasteiger partial charge is 0.384 e. The number of halogens is 1. The lowest BCUT2D eigenvalue weighted by atomic mass is 9.84. The van der Waals surface area contributed by atoms with Crippen molar-refractivity contribution in [1.82, 2.24) is 0 Å². The van der Waals surface area contributed by atoms with Crippen LogP contribution in [0, 0.1) is 17.7 Å². The molecular weight excluding hydrogens is 191 g/mol. The molecule has 0 spiro atoms. The minimum Gasteiger partial charge on any atom is -0.384 e. The Balaban J connectivity index is 2.10. The van der Waals surface area contributed by atoms with E-state index in [2.05, 4.69) is 0 Å². The Bertz CT molecular complexity index is 368. The van der Waals surface area contributed by atoms with Crippen molar-refractivity contribution in [3.05, 3.63) is 35.6 Å². The van der Waals surface area contributed by atoms with Gasteiger partial charge in [0.1, 0.15) is 5.82 Å². The van der Waals surface area contributed by atoms with Crippen LogP contribution >= 0.6 is 0 Å². The zero-order valence-corrected chi connectivity index (χ0v) is 8.62. The molecule has 2 bridgehead atoms. The molecule has 0 amide bonds. The summed E-state index contributed by atoms with van der Waals surface area (Å²) in [5.41, 5.74) is -0.347.